The average Bonchev–Trinajstić information content (AvgIpc) is 3.28. The average molecular weight is 727 g/mol. The quantitative estimate of drug-likeness (QED) is 0.143. The molecule has 0 amide bonds. The second-order valence-electron chi connectivity index (χ2n) is 15.4. The molecule has 0 fully saturated rings. The lowest BCUT2D eigenvalue weighted by Crippen LogP contribution is -1.94. The Morgan fingerprint density at radius 1 is 0.263 bits per heavy atom. The molecule has 0 unspecified atom stereocenters. The van der Waals surface area contributed by atoms with Crippen LogP contribution in [0.2, 0.25) is 0 Å². The van der Waals surface area contributed by atoms with Crippen LogP contribution in [0, 0.1) is 0 Å². The molecule has 10 aromatic rings. The minimum absolute atomic E-state index is 0.451. The van der Waals surface area contributed by atoms with Gasteiger partial charge >= 0.3 is 0 Å². The molecule has 0 nitrogen and oxygen atoms in total. The molecule has 0 N–H and O–H groups in total. The molecular formula is C57H42. The molecule has 10 aromatic carbocycles. The first kappa shape index (κ1) is 34.5. The van der Waals surface area contributed by atoms with Gasteiger partial charge < -0.3 is 0 Å². The van der Waals surface area contributed by atoms with Crippen molar-refractivity contribution in [3.8, 4) is 66.8 Å². The van der Waals surface area contributed by atoms with E-state index in [2.05, 4.69) is 226 Å². The maximum Gasteiger partial charge on any atom is -0.00261 e. The highest BCUT2D eigenvalue weighted by molar-refractivity contribution is 6.21. The van der Waals surface area contributed by atoms with E-state index in [-0.39, 0.29) is 0 Å². The molecule has 0 atom stereocenters. The topological polar surface area (TPSA) is 0 Å². The standard InChI is InChI=1S/C57H42/c1-38(2)43-19-12-22-46(35-43)56-51-24-8-10-26-53(51)57(54-27-11-9-25-52(54)56)47-33-34-50(49-28-14-18-42-17-6-7-23-48(42)49)55(37-47)45-21-13-20-44(36-45)41-31-29-40(30-32-41)39-15-4-3-5-16-39/h3-38H,1-2H3. The first-order valence-electron chi connectivity index (χ1n) is 20.0. The second kappa shape index (κ2) is 14.6. The second-order valence-corrected chi connectivity index (χ2v) is 15.4. The van der Waals surface area contributed by atoms with Gasteiger partial charge in [-0.15, -0.1) is 0 Å². The highest BCUT2D eigenvalue weighted by Crippen LogP contribution is 2.46. The molecule has 0 aromatic heterocycles. The minimum Gasteiger partial charge on any atom is -0.0622 e. The molecule has 0 aliphatic heterocycles. The summed E-state index contributed by atoms with van der Waals surface area (Å²) in [7, 11) is 0. The molecule has 0 saturated carbocycles. The smallest absolute Gasteiger partial charge is 0.00261 e. The van der Waals surface area contributed by atoms with Gasteiger partial charge in [0.2, 0.25) is 0 Å². The summed E-state index contributed by atoms with van der Waals surface area (Å²) in [5.74, 6) is 0.451. The van der Waals surface area contributed by atoms with Crippen LogP contribution in [0.1, 0.15) is 25.3 Å². The van der Waals surface area contributed by atoms with E-state index in [0.29, 0.717) is 5.92 Å². The Bertz CT molecular complexity index is 3010. The van der Waals surface area contributed by atoms with Crippen molar-refractivity contribution >= 4 is 32.3 Å². The van der Waals surface area contributed by atoms with Crippen LogP contribution in [0.4, 0.5) is 0 Å². The van der Waals surface area contributed by atoms with Gasteiger partial charge in [0.15, 0.2) is 0 Å². The fourth-order valence-corrected chi connectivity index (χ4v) is 8.79. The molecular weight excluding hydrogens is 685 g/mol. The van der Waals surface area contributed by atoms with Crippen LogP contribution >= 0.6 is 0 Å². The summed E-state index contributed by atoms with van der Waals surface area (Å²) in [4.78, 5) is 0. The zero-order valence-electron chi connectivity index (χ0n) is 32.3. The number of hydrogen-bond donors (Lipinski definition) is 0. The van der Waals surface area contributed by atoms with Gasteiger partial charge in [-0.2, -0.15) is 0 Å². The maximum atomic E-state index is 2.45. The van der Waals surface area contributed by atoms with Crippen LogP contribution < -0.4 is 0 Å². The predicted molar refractivity (Wildman–Crippen MR) is 246 cm³/mol. The van der Waals surface area contributed by atoms with E-state index in [1.165, 1.54) is 105 Å². The number of fused-ring (bicyclic) bond motifs is 3. The molecule has 0 spiro atoms. The van der Waals surface area contributed by atoms with Crippen LogP contribution in [0.25, 0.3) is 99.1 Å². The summed E-state index contributed by atoms with van der Waals surface area (Å²) < 4.78 is 0. The Morgan fingerprint density at radius 3 is 1.39 bits per heavy atom. The third kappa shape index (κ3) is 6.30. The summed E-state index contributed by atoms with van der Waals surface area (Å²) in [6.45, 7) is 4.55. The highest BCUT2D eigenvalue weighted by atomic mass is 14.2. The molecule has 0 aliphatic rings. The number of hydrogen-bond acceptors (Lipinski definition) is 0. The fraction of sp³-hybridized carbons (Fsp3) is 0.0526. The van der Waals surface area contributed by atoms with E-state index in [9.17, 15) is 0 Å². The Labute approximate surface area is 335 Å². The summed E-state index contributed by atoms with van der Waals surface area (Å²) in [5.41, 5.74) is 16.1. The van der Waals surface area contributed by atoms with E-state index < -0.39 is 0 Å². The molecule has 0 radical (unpaired) electrons. The molecule has 57 heavy (non-hydrogen) atoms. The van der Waals surface area contributed by atoms with Gasteiger partial charge in [0.05, 0.1) is 0 Å². The van der Waals surface area contributed by atoms with Crippen molar-refractivity contribution in [3.05, 3.63) is 218 Å². The van der Waals surface area contributed by atoms with Crippen molar-refractivity contribution in [1.82, 2.24) is 0 Å². The zero-order valence-corrected chi connectivity index (χ0v) is 32.3. The molecule has 270 valence electrons. The van der Waals surface area contributed by atoms with E-state index in [0.717, 1.165) is 0 Å². The Kier molecular flexibility index (Phi) is 8.81. The summed E-state index contributed by atoms with van der Waals surface area (Å²) in [5, 5.41) is 7.56. The van der Waals surface area contributed by atoms with Crippen LogP contribution in [0.5, 0.6) is 0 Å². The molecule has 10 rings (SSSR count). The van der Waals surface area contributed by atoms with Gasteiger partial charge in [-0.05, 0) is 123 Å². The normalized spacial score (nSPS) is 11.5. The van der Waals surface area contributed by atoms with Gasteiger partial charge in [-0.3, -0.25) is 0 Å². The highest BCUT2D eigenvalue weighted by Gasteiger charge is 2.19. The predicted octanol–water partition coefficient (Wildman–Crippen LogP) is 16.3. The van der Waals surface area contributed by atoms with Crippen LogP contribution in [-0.2, 0) is 0 Å². The lowest BCUT2D eigenvalue weighted by molar-refractivity contribution is 0.867. The van der Waals surface area contributed by atoms with Crippen molar-refractivity contribution in [2.75, 3.05) is 0 Å². The van der Waals surface area contributed by atoms with E-state index >= 15 is 0 Å². The van der Waals surface area contributed by atoms with Gasteiger partial charge in [0.1, 0.15) is 0 Å². The largest absolute Gasteiger partial charge is 0.0622 e. The van der Waals surface area contributed by atoms with Gasteiger partial charge in [-0.25, -0.2) is 0 Å². The lowest BCUT2D eigenvalue weighted by atomic mass is 9.83. The summed E-state index contributed by atoms with van der Waals surface area (Å²) in [6, 6.07) is 78.3. The van der Waals surface area contributed by atoms with Crippen LogP contribution in [0.15, 0.2) is 212 Å². The first-order chi connectivity index (χ1) is 28.1. The molecule has 0 saturated heterocycles. The van der Waals surface area contributed by atoms with Crippen molar-refractivity contribution in [1.29, 1.82) is 0 Å². The van der Waals surface area contributed by atoms with E-state index in [4.69, 9.17) is 0 Å². The van der Waals surface area contributed by atoms with Gasteiger partial charge in [0.25, 0.3) is 0 Å². The van der Waals surface area contributed by atoms with E-state index in [1.807, 2.05) is 0 Å². The van der Waals surface area contributed by atoms with Gasteiger partial charge in [0, 0.05) is 0 Å². The van der Waals surface area contributed by atoms with Crippen molar-refractivity contribution < 1.29 is 0 Å². The van der Waals surface area contributed by atoms with Crippen LogP contribution in [0.3, 0.4) is 0 Å². The first-order valence-corrected chi connectivity index (χ1v) is 20.0. The monoisotopic (exact) mass is 726 g/mol. The zero-order chi connectivity index (χ0) is 38.3. The van der Waals surface area contributed by atoms with Gasteiger partial charge in [-0.1, -0.05) is 214 Å². The minimum atomic E-state index is 0.451. The fourth-order valence-electron chi connectivity index (χ4n) is 8.79. The number of benzene rings is 10. The molecule has 0 bridgehead atoms. The summed E-state index contributed by atoms with van der Waals surface area (Å²) >= 11 is 0. The van der Waals surface area contributed by atoms with E-state index in [1.54, 1.807) is 0 Å². The van der Waals surface area contributed by atoms with Crippen molar-refractivity contribution in [2.24, 2.45) is 0 Å². The third-order valence-electron chi connectivity index (χ3n) is 11.7. The Hall–Kier alpha value is -7.02. The third-order valence-corrected chi connectivity index (χ3v) is 11.7. The summed E-state index contributed by atoms with van der Waals surface area (Å²) in [6.07, 6.45) is 0. The van der Waals surface area contributed by atoms with Crippen molar-refractivity contribution in [3.63, 3.8) is 0 Å². The van der Waals surface area contributed by atoms with Crippen molar-refractivity contribution in [2.45, 2.75) is 19.8 Å². The molecule has 0 aliphatic carbocycles. The lowest BCUT2D eigenvalue weighted by Gasteiger charge is -2.20. The Balaban J connectivity index is 1.20. The molecule has 0 heteroatoms. The number of rotatable bonds is 7. The molecule has 0 heterocycles. The SMILES string of the molecule is CC(C)c1cccc(-c2c3ccccc3c(-c3ccc(-c4cccc5ccccc45)c(-c4cccc(-c5ccc(-c6ccccc6)cc5)c4)c3)c3ccccc23)c1. The Morgan fingerprint density at radius 2 is 0.719 bits per heavy atom. The maximum absolute atomic E-state index is 2.45. The van der Waals surface area contributed by atoms with Crippen LogP contribution in [-0.4, -0.2) is 0 Å².